The smallest absolute Gasteiger partial charge is 0.336 e. The third-order valence-corrected chi connectivity index (χ3v) is 17.8. The topological polar surface area (TPSA) is 88.5 Å². The lowest BCUT2D eigenvalue weighted by atomic mass is 9.33. The first-order chi connectivity index (χ1) is 26.2. The monoisotopic (exact) mass is 801 g/mol. The van der Waals surface area contributed by atoms with Crippen LogP contribution < -0.4 is 4.90 Å². The predicted octanol–water partition coefficient (Wildman–Crippen LogP) is 10.2. The standard InChI is InChI=1S/C46H63N3O5S2/c1-41(2)22-24-46(39(52)53-10)25-23-44(6)31(32(46)28-41)15-16-35-43(5)20-18-36(42(3,4)34(43)17-21-45(35,44)7)47-54-37(50)19-26-49-38(51)33(56-40(49)55)27-29-11-13-30(14-12-29)48(8)9/h11-15,27,32,34-35H,16-26,28H2,1-10H3/b33-27-,47-36-/t32-,34-,35-,43-,44+,45+,46-/m0/s1. The number of rotatable bonds is 7. The fourth-order valence-electron chi connectivity index (χ4n) is 12.9. The van der Waals surface area contributed by atoms with Gasteiger partial charge in [0.2, 0.25) is 0 Å². The first kappa shape index (κ1) is 41.2. The quantitative estimate of drug-likeness (QED) is 0.0673. The van der Waals surface area contributed by atoms with Crippen molar-refractivity contribution in [2.24, 2.45) is 55.4 Å². The number of esters is 1. The molecule has 0 unspecified atom stereocenters. The summed E-state index contributed by atoms with van der Waals surface area (Å²) >= 11 is 6.80. The Morgan fingerprint density at radius 1 is 0.982 bits per heavy atom. The van der Waals surface area contributed by atoms with E-state index in [4.69, 9.17) is 21.8 Å². The van der Waals surface area contributed by atoms with Crippen molar-refractivity contribution in [2.75, 3.05) is 32.6 Å². The molecule has 1 aromatic carbocycles. The molecule has 1 aliphatic heterocycles. The Morgan fingerprint density at radius 3 is 2.36 bits per heavy atom. The van der Waals surface area contributed by atoms with Gasteiger partial charge in [-0.25, -0.2) is 4.79 Å². The summed E-state index contributed by atoms with van der Waals surface area (Å²) in [6, 6.07) is 7.98. The van der Waals surface area contributed by atoms with Crippen LogP contribution in [-0.2, 0) is 24.0 Å². The average Bonchev–Trinajstić information content (AvgIpc) is 3.40. The van der Waals surface area contributed by atoms with E-state index >= 15 is 0 Å². The number of methoxy groups -OCH3 is 1. The number of thioether (sulfide) groups is 1. The minimum atomic E-state index is -0.459. The third-order valence-electron chi connectivity index (χ3n) is 16.4. The highest BCUT2D eigenvalue weighted by Gasteiger charge is 2.69. The second-order valence-corrected chi connectivity index (χ2v) is 21.8. The van der Waals surface area contributed by atoms with E-state index in [1.807, 2.05) is 49.3 Å². The number of oxime groups is 1. The molecule has 6 aliphatic rings. The lowest BCUT2D eigenvalue weighted by Crippen LogP contribution is -2.64. The van der Waals surface area contributed by atoms with Gasteiger partial charge in [0.05, 0.1) is 29.6 Å². The molecule has 10 heteroatoms. The van der Waals surface area contributed by atoms with E-state index in [0.717, 1.165) is 81.2 Å². The largest absolute Gasteiger partial charge is 0.469 e. The van der Waals surface area contributed by atoms with Crippen LogP contribution in [0.2, 0.25) is 0 Å². The Kier molecular flexibility index (Phi) is 10.6. The van der Waals surface area contributed by atoms with Crippen LogP contribution in [0.5, 0.6) is 0 Å². The van der Waals surface area contributed by atoms with Gasteiger partial charge < -0.3 is 14.5 Å². The summed E-state index contributed by atoms with van der Waals surface area (Å²) in [5.74, 6) is 0.486. The number of hydrogen-bond donors (Lipinski definition) is 0. The second kappa shape index (κ2) is 14.4. The van der Waals surface area contributed by atoms with Crippen LogP contribution in [0.3, 0.4) is 0 Å². The molecule has 1 saturated heterocycles. The second-order valence-electron chi connectivity index (χ2n) is 20.2. The molecule has 1 aromatic rings. The van der Waals surface area contributed by atoms with E-state index in [9.17, 15) is 14.4 Å². The zero-order chi connectivity index (χ0) is 40.6. The Morgan fingerprint density at radius 2 is 1.68 bits per heavy atom. The van der Waals surface area contributed by atoms with E-state index in [-0.39, 0.29) is 57.8 Å². The van der Waals surface area contributed by atoms with Gasteiger partial charge in [0.15, 0.2) is 0 Å². The van der Waals surface area contributed by atoms with E-state index in [1.165, 1.54) is 16.7 Å². The first-order valence-corrected chi connectivity index (χ1v) is 22.0. The fraction of sp³-hybridized carbons (Fsp3) is 0.674. The molecule has 8 nitrogen and oxygen atoms in total. The number of hydrogen-bond acceptors (Lipinski definition) is 9. The lowest BCUT2D eigenvalue weighted by molar-refractivity contribution is -0.181. The highest BCUT2D eigenvalue weighted by Crippen LogP contribution is 2.75. The summed E-state index contributed by atoms with van der Waals surface area (Å²) in [6.07, 6.45) is 14.4. The zero-order valence-corrected chi connectivity index (χ0v) is 37.0. The summed E-state index contributed by atoms with van der Waals surface area (Å²) < 4.78 is 6.00. The molecule has 7 rings (SSSR count). The van der Waals surface area contributed by atoms with Crippen LogP contribution >= 0.6 is 24.0 Å². The first-order valence-electron chi connectivity index (χ1n) is 20.8. The molecule has 304 valence electrons. The molecule has 0 spiro atoms. The molecule has 5 aliphatic carbocycles. The van der Waals surface area contributed by atoms with E-state index in [1.54, 1.807) is 12.7 Å². The summed E-state index contributed by atoms with van der Waals surface area (Å²) in [7, 11) is 5.55. The van der Waals surface area contributed by atoms with Gasteiger partial charge in [0.1, 0.15) is 4.32 Å². The molecular weight excluding hydrogens is 739 g/mol. The third kappa shape index (κ3) is 6.51. The van der Waals surface area contributed by atoms with Crippen LogP contribution in [0.15, 0.2) is 46.0 Å². The number of ether oxygens (including phenoxy) is 1. The molecule has 0 aromatic heterocycles. The highest BCUT2D eigenvalue weighted by atomic mass is 32.2. The normalized spacial score (nSPS) is 37.2. The molecule has 7 atom stereocenters. The maximum absolute atomic E-state index is 13.6. The number of nitrogens with zero attached hydrogens (tertiary/aromatic N) is 3. The summed E-state index contributed by atoms with van der Waals surface area (Å²) in [5, 5.41) is 4.58. The van der Waals surface area contributed by atoms with Crippen molar-refractivity contribution >= 4 is 63.6 Å². The maximum atomic E-state index is 13.6. The molecule has 56 heavy (non-hydrogen) atoms. The van der Waals surface area contributed by atoms with E-state index in [2.05, 4.69) is 59.7 Å². The zero-order valence-electron chi connectivity index (χ0n) is 35.4. The Hall–Kier alpha value is -2.98. The fourth-order valence-corrected chi connectivity index (χ4v) is 14.2. The molecule has 4 saturated carbocycles. The number of fused-ring (bicyclic) bond motifs is 7. The lowest BCUT2D eigenvalue weighted by Gasteiger charge is -2.70. The van der Waals surface area contributed by atoms with Crippen molar-refractivity contribution < 1.29 is 24.0 Å². The van der Waals surface area contributed by atoms with Crippen molar-refractivity contribution in [3.63, 3.8) is 0 Å². The number of amides is 1. The van der Waals surface area contributed by atoms with Crippen molar-refractivity contribution in [2.45, 2.75) is 119 Å². The van der Waals surface area contributed by atoms with Gasteiger partial charge in [-0.3, -0.25) is 14.5 Å². The SMILES string of the molecule is COC(=O)[C@]12CCC(C)(C)C[C@H]1C1=CC[C@H]3[C@@]4(C)CC/C(=N/OC(=O)CCN5C(=O)/C(=C/c6ccc(N(C)C)cc6)SC5=S)C(C)(C)[C@@H]4CC[C@@]3(C)[C@]1(C)CC2. The van der Waals surface area contributed by atoms with Crippen molar-refractivity contribution in [1.82, 2.24) is 4.90 Å². The summed E-state index contributed by atoms with van der Waals surface area (Å²) in [6.45, 7) is 17.2. The van der Waals surface area contributed by atoms with Crippen molar-refractivity contribution in [3.05, 3.63) is 46.4 Å². The number of allylic oxidation sites excluding steroid dienone is 2. The summed E-state index contributed by atoms with van der Waals surface area (Å²) in [5.41, 5.74) is 4.29. The Balaban J connectivity index is 1.03. The molecule has 0 bridgehead atoms. The predicted molar refractivity (Wildman–Crippen MR) is 230 cm³/mol. The minimum Gasteiger partial charge on any atom is -0.469 e. The van der Waals surface area contributed by atoms with Crippen LogP contribution in [0.25, 0.3) is 6.08 Å². The van der Waals surface area contributed by atoms with Gasteiger partial charge in [-0.2, -0.15) is 0 Å². The number of anilines is 1. The number of carbonyl (C=O) groups is 3. The average molecular weight is 802 g/mol. The van der Waals surface area contributed by atoms with E-state index < -0.39 is 11.4 Å². The Labute approximate surface area is 344 Å². The maximum Gasteiger partial charge on any atom is 0.336 e. The van der Waals surface area contributed by atoms with Gasteiger partial charge in [-0.15, -0.1) is 0 Å². The van der Waals surface area contributed by atoms with Gasteiger partial charge in [0.25, 0.3) is 5.91 Å². The number of carbonyl (C=O) groups excluding carboxylic acids is 3. The highest BCUT2D eigenvalue weighted by molar-refractivity contribution is 8.26. The van der Waals surface area contributed by atoms with Crippen LogP contribution in [0, 0.1) is 50.2 Å². The van der Waals surface area contributed by atoms with Crippen LogP contribution in [0.4, 0.5) is 5.69 Å². The molecule has 5 fully saturated rings. The number of thiocarbonyl (C=S) groups is 1. The minimum absolute atomic E-state index is 0.00144. The van der Waals surface area contributed by atoms with Gasteiger partial charge in [-0.1, -0.05) is 101 Å². The Bertz CT molecular complexity index is 1900. The van der Waals surface area contributed by atoms with Gasteiger partial charge >= 0.3 is 11.9 Å². The number of benzene rings is 1. The van der Waals surface area contributed by atoms with Crippen molar-refractivity contribution in [3.8, 4) is 0 Å². The van der Waals surface area contributed by atoms with Gasteiger partial charge in [-0.05, 0) is 127 Å². The van der Waals surface area contributed by atoms with E-state index in [0.29, 0.717) is 21.1 Å². The molecule has 0 radical (unpaired) electrons. The van der Waals surface area contributed by atoms with Crippen LogP contribution in [0.1, 0.15) is 125 Å². The summed E-state index contributed by atoms with van der Waals surface area (Å²) in [4.78, 5) is 49.7. The molecular formula is C46H63N3O5S2. The van der Waals surface area contributed by atoms with Gasteiger partial charge in [0, 0.05) is 31.7 Å². The van der Waals surface area contributed by atoms with Crippen LogP contribution in [-0.4, -0.2) is 60.5 Å². The molecule has 1 amide bonds. The van der Waals surface area contributed by atoms with Crippen molar-refractivity contribution in [1.29, 1.82) is 0 Å². The molecule has 1 heterocycles. The molecule has 0 N–H and O–H groups in total.